The standard InChI is InChI=1S/C9H6Cl2O2S/c1-14(12,13)5-4-7-6-8(10)2-3-9(7)11/h2-3,6H,1H3. The maximum atomic E-state index is 10.8. The third kappa shape index (κ3) is 3.59. The molecule has 0 spiro atoms. The molecule has 0 heterocycles. The van der Waals surface area contributed by atoms with Gasteiger partial charge in [-0.15, -0.1) is 0 Å². The highest BCUT2D eigenvalue weighted by Crippen LogP contribution is 2.19. The molecule has 0 radical (unpaired) electrons. The van der Waals surface area contributed by atoms with Gasteiger partial charge in [0.05, 0.1) is 11.3 Å². The van der Waals surface area contributed by atoms with Gasteiger partial charge in [-0.05, 0) is 24.1 Å². The molecule has 74 valence electrons. The second kappa shape index (κ2) is 4.22. The summed E-state index contributed by atoms with van der Waals surface area (Å²) in [5, 5.41) is 2.93. The van der Waals surface area contributed by atoms with Crippen LogP contribution >= 0.6 is 23.2 Å². The molecule has 0 saturated carbocycles. The lowest BCUT2D eigenvalue weighted by Gasteiger charge is -1.95. The van der Waals surface area contributed by atoms with Crippen LogP contribution in [0.2, 0.25) is 10.0 Å². The van der Waals surface area contributed by atoms with Gasteiger partial charge < -0.3 is 0 Å². The molecule has 0 aliphatic rings. The van der Waals surface area contributed by atoms with Crippen LogP contribution in [0.3, 0.4) is 0 Å². The minimum absolute atomic E-state index is 0.380. The Bertz CT molecular complexity index is 509. The molecule has 0 N–H and O–H groups in total. The van der Waals surface area contributed by atoms with Crippen molar-refractivity contribution in [2.75, 3.05) is 6.26 Å². The lowest BCUT2D eigenvalue weighted by atomic mass is 10.2. The minimum atomic E-state index is -3.31. The van der Waals surface area contributed by atoms with Gasteiger partial charge in [0.2, 0.25) is 9.84 Å². The van der Waals surface area contributed by atoms with Crippen molar-refractivity contribution < 1.29 is 8.42 Å². The third-order valence-electron chi connectivity index (χ3n) is 1.30. The van der Waals surface area contributed by atoms with Gasteiger partial charge in [-0.3, -0.25) is 0 Å². The molecule has 0 unspecified atom stereocenters. The monoisotopic (exact) mass is 248 g/mol. The summed E-state index contributed by atoms with van der Waals surface area (Å²) in [5.74, 6) is 2.44. The Morgan fingerprint density at radius 3 is 2.50 bits per heavy atom. The zero-order valence-corrected chi connectivity index (χ0v) is 9.54. The lowest BCUT2D eigenvalue weighted by molar-refractivity contribution is 0.611. The van der Waals surface area contributed by atoms with Crippen LogP contribution in [-0.2, 0) is 9.84 Å². The van der Waals surface area contributed by atoms with E-state index in [1.165, 1.54) is 6.07 Å². The van der Waals surface area contributed by atoms with E-state index in [1.807, 2.05) is 0 Å². The Morgan fingerprint density at radius 1 is 1.29 bits per heavy atom. The average Bonchev–Trinajstić information content (AvgIpc) is 2.05. The van der Waals surface area contributed by atoms with Crippen molar-refractivity contribution >= 4 is 33.0 Å². The van der Waals surface area contributed by atoms with Gasteiger partial charge >= 0.3 is 0 Å². The van der Waals surface area contributed by atoms with Crippen molar-refractivity contribution in [1.29, 1.82) is 0 Å². The molecule has 1 rings (SSSR count). The van der Waals surface area contributed by atoms with Crippen LogP contribution in [0, 0.1) is 11.2 Å². The molecule has 0 saturated heterocycles. The molecule has 0 bridgehead atoms. The molecule has 0 amide bonds. The number of rotatable bonds is 0. The van der Waals surface area contributed by atoms with E-state index < -0.39 is 9.84 Å². The van der Waals surface area contributed by atoms with Gasteiger partial charge in [0.1, 0.15) is 0 Å². The van der Waals surface area contributed by atoms with Crippen LogP contribution in [0.1, 0.15) is 5.56 Å². The maximum Gasteiger partial charge on any atom is 0.214 e. The highest BCUT2D eigenvalue weighted by atomic mass is 35.5. The van der Waals surface area contributed by atoms with Gasteiger partial charge in [0, 0.05) is 15.8 Å². The van der Waals surface area contributed by atoms with Crippen molar-refractivity contribution in [3.63, 3.8) is 0 Å². The molecule has 2 nitrogen and oxygen atoms in total. The number of sulfone groups is 1. The Morgan fingerprint density at radius 2 is 1.93 bits per heavy atom. The summed E-state index contributed by atoms with van der Waals surface area (Å²) in [4.78, 5) is 0. The maximum absolute atomic E-state index is 10.8. The normalized spacial score (nSPS) is 10.5. The fourth-order valence-electron chi connectivity index (χ4n) is 0.741. The second-order valence-electron chi connectivity index (χ2n) is 2.62. The van der Waals surface area contributed by atoms with Crippen LogP contribution in [0.15, 0.2) is 18.2 Å². The first kappa shape index (κ1) is 11.4. The summed E-state index contributed by atoms with van der Waals surface area (Å²) in [7, 11) is -3.31. The highest BCUT2D eigenvalue weighted by molar-refractivity contribution is 7.95. The van der Waals surface area contributed by atoms with Gasteiger partial charge in [-0.1, -0.05) is 23.2 Å². The van der Waals surface area contributed by atoms with E-state index in [2.05, 4.69) is 11.2 Å². The first-order valence-electron chi connectivity index (χ1n) is 3.56. The predicted octanol–water partition coefficient (Wildman–Crippen LogP) is 2.35. The Kier molecular flexibility index (Phi) is 3.43. The summed E-state index contributed by atoms with van der Waals surface area (Å²) in [6, 6.07) is 4.69. The average molecular weight is 249 g/mol. The Hall–Kier alpha value is -0.690. The van der Waals surface area contributed by atoms with E-state index >= 15 is 0 Å². The second-order valence-corrected chi connectivity index (χ2v) is 5.22. The molecular formula is C9H6Cl2O2S. The lowest BCUT2D eigenvalue weighted by Crippen LogP contribution is -1.89. The van der Waals surface area contributed by atoms with E-state index in [1.54, 1.807) is 12.1 Å². The zero-order valence-electron chi connectivity index (χ0n) is 7.21. The summed E-state index contributed by atoms with van der Waals surface area (Å²) in [5.41, 5.74) is 0.407. The van der Waals surface area contributed by atoms with E-state index in [9.17, 15) is 8.42 Å². The van der Waals surface area contributed by atoms with Gasteiger partial charge in [0.25, 0.3) is 0 Å². The molecule has 0 atom stereocenters. The SMILES string of the molecule is CS(=O)(=O)C#Cc1cc(Cl)ccc1Cl. The van der Waals surface area contributed by atoms with Crippen LogP contribution in [0.4, 0.5) is 0 Å². The molecule has 5 heteroatoms. The predicted molar refractivity (Wildman–Crippen MR) is 58.2 cm³/mol. The number of halogens is 2. The summed E-state index contributed by atoms with van der Waals surface area (Å²) >= 11 is 11.5. The van der Waals surface area contributed by atoms with Crippen molar-refractivity contribution in [1.82, 2.24) is 0 Å². The molecule has 0 aliphatic heterocycles. The smallest absolute Gasteiger partial charge is 0.214 e. The molecule has 14 heavy (non-hydrogen) atoms. The highest BCUT2D eigenvalue weighted by Gasteiger charge is 1.99. The van der Waals surface area contributed by atoms with Gasteiger partial charge in [0.15, 0.2) is 0 Å². The summed E-state index contributed by atoms with van der Waals surface area (Å²) < 4.78 is 21.5. The van der Waals surface area contributed by atoms with E-state index in [0.717, 1.165) is 6.26 Å². The van der Waals surface area contributed by atoms with E-state index in [-0.39, 0.29) is 0 Å². The quantitative estimate of drug-likeness (QED) is 0.661. The zero-order chi connectivity index (χ0) is 10.8. The molecular weight excluding hydrogens is 243 g/mol. The van der Waals surface area contributed by atoms with E-state index in [0.29, 0.717) is 15.6 Å². The number of benzene rings is 1. The summed E-state index contributed by atoms with van der Waals surface area (Å²) in [6.45, 7) is 0. The molecule has 1 aromatic rings. The largest absolute Gasteiger partial charge is 0.216 e. The van der Waals surface area contributed by atoms with Crippen LogP contribution < -0.4 is 0 Å². The number of hydrogen-bond acceptors (Lipinski definition) is 2. The van der Waals surface area contributed by atoms with Crippen LogP contribution in [-0.4, -0.2) is 14.7 Å². The Balaban J connectivity index is 3.19. The van der Waals surface area contributed by atoms with Crippen LogP contribution in [0.5, 0.6) is 0 Å². The van der Waals surface area contributed by atoms with Crippen molar-refractivity contribution in [3.05, 3.63) is 33.8 Å². The first-order valence-corrected chi connectivity index (χ1v) is 6.21. The minimum Gasteiger partial charge on any atom is -0.216 e. The molecule has 0 aromatic heterocycles. The molecule has 0 aliphatic carbocycles. The Labute approximate surface area is 92.8 Å². The van der Waals surface area contributed by atoms with Crippen molar-refractivity contribution in [2.24, 2.45) is 0 Å². The topological polar surface area (TPSA) is 34.1 Å². The van der Waals surface area contributed by atoms with E-state index in [4.69, 9.17) is 23.2 Å². The van der Waals surface area contributed by atoms with Gasteiger partial charge in [-0.2, -0.15) is 0 Å². The molecule has 0 fully saturated rings. The third-order valence-corrected chi connectivity index (χ3v) is 2.34. The molecule has 1 aromatic carbocycles. The first-order chi connectivity index (χ1) is 6.38. The fourth-order valence-corrected chi connectivity index (χ4v) is 1.37. The van der Waals surface area contributed by atoms with Gasteiger partial charge in [-0.25, -0.2) is 8.42 Å². The van der Waals surface area contributed by atoms with Crippen molar-refractivity contribution in [2.45, 2.75) is 0 Å². The van der Waals surface area contributed by atoms with Crippen LogP contribution in [0.25, 0.3) is 0 Å². The fraction of sp³-hybridized carbons (Fsp3) is 0.111. The summed E-state index contributed by atoms with van der Waals surface area (Å²) in [6.07, 6.45) is 1.03. The van der Waals surface area contributed by atoms with Crippen molar-refractivity contribution in [3.8, 4) is 11.2 Å². The number of hydrogen-bond donors (Lipinski definition) is 0.